The van der Waals surface area contributed by atoms with Gasteiger partial charge in [0, 0.05) is 30.1 Å². The van der Waals surface area contributed by atoms with Gasteiger partial charge in [-0.3, -0.25) is 4.90 Å². The lowest BCUT2D eigenvalue weighted by Gasteiger charge is -2.32. The topological polar surface area (TPSA) is 34.6 Å². The zero-order valence-electron chi connectivity index (χ0n) is 15.7. The van der Waals surface area contributed by atoms with E-state index in [2.05, 4.69) is 54.3 Å². The third kappa shape index (κ3) is 4.21. The van der Waals surface area contributed by atoms with Crippen molar-refractivity contribution in [3.63, 3.8) is 0 Å². The molecular formula is C22H24N2O2S. The molecule has 4 nitrogen and oxygen atoms in total. The third-order valence-electron chi connectivity index (χ3n) is 4.85. The number of ether oxygens (including phenoxy) is 2. The molecule has 0 amide bonds. The van der Waals surface area contributed by atoms with Crippen LogP contribution in [0, 0.1) is 6.92 Å². The predicted molar refractivity (Wildman–Crippen MR) is 109 cm³/mol. The smallest absolute Gasteiger partial charge is 0.124 e. The van der Waals surface area contributed by atoms with E-state index in [0.29, 0.717) is 0 Å². The average molecular weight is 381 g/mol. The number of thiazole rings is 1. The standard InChI is InChI=1S/C22H24N2O2S/c1-16-21(18-8-10-19(25-2)11-9-18)23-22(27-16)20-15-24(12-13-26-20)14-17-6-4-3-5-7-17/h3-11,20H,12-15H2,1-2H3. The fourth-order valence-electron chi connectivity index (χ4n) is 3.41. The highest BCUT2D eigenvalue weighted by molar-refractivity contribution is 7.12. The van der Waals surface area contributed by atoms with Crippen molar-refractivity contribution in [2.45, 2.75) is 19.6 Å². The maximum Gasteiger partial charge on any atom is 0.124 e. The largest absolute Gasteiger partial charge is 0.497 e. The van der Waals surface area contributed by atoms with Crippen LogP contribution < -0.4 is 4.74 Å². The minimum atomic E-state index is 0.0400. The van der Waals surface area contributed by atoms with Crippen LogP contribution in [0.1, 0.15) is 21.6 Å². The first kappa shape index (κ1) is 18.2. The van der Waals surface area contributed by atoms with Gasteiger partial charge in [-0.05, 0) is 36.8 Å². The molecule has 0 spiro atoms. The van der Waals surface area contributed by atoms with Gasteiger partial charge in [0.05, 0.1) is 19.4 Å². The SMILES string of the molecule is COc1ccc(-c2nc(C3CN(Cc4ccccc4)CCO3)sc2C)cc1. The van der Waals surface area contributed by atoms with Gasteiger partial charge in [-0.25, -0.2) is 4.98 Å². The normalized spacial score (nSPS) is 17.8. The summed E-state index contributed by atoms with van der Waals surface area (Å²) in [5.41, 5.74) is 3.50. The number of hydrogen-bond acceptors (Lipinski definition) is 5. The molecule has 1 saturated heterocycles. The van der Waals surface area contributed by atoms with Gasteiger partial charge in [0.2, 0.25) is 0 Å². The summed E-state index contributed by atoms with van der Waals surface area (Å²) in [5.74, 6) is 0.860. The molecule has 2 aromatic carbocycles. The summed E-state index contributed by atoms with van der Waals surface area (Å²) in [7, 11) is 1.68. The highest BCUT2D eigenvalue weighted by Gasteiger charge is 2.25. The fourth-order valence-corrected chi connectivity index (χ4v) is 4.39. The third-order valence-corrected chi connectivity index (χ3v) is 5.91. The lowest BCUT2D eigenvalue weighted by molar-refractivity contribution is -0.0329. The zero-order chi connectivity index (χ0) is 18.6. The molecule has 27 heavy (non-hydrogen) atoms. The number of aromatic nitrogens is 1. The molecule has 2 heterocycles. The second-order valence-corrected chi connectivity index (χ2v) is 8.00. The quantitative estimate of drug-likeness (QED) is 0.643. The van der Waals surface area contributed by atoms with E-state index in [0.717, 1.165) is 48.3 Å². The van der Waals surface area contributed by atoms with E-state index < -0.39 is 0 Å². The Kier molecular flexibility index (Phi) is 5.53. The fraction of sp³-hybridized carbons (Fsp3) is 0.318. The number of aryl methyl sites for hydroxylation is 1. The summed E-state index contributed by atoms with van der Waals surface area (Å²) in [4.78, 5) is 8.60. The minimum Gasteiger partial charge on any atom is -0.497 e. The van der Waals surface area contributed by atoms with E-state index in [1.54, 1.807) is 18.4 Å². The number of rotatable bonds is 5. The van der Waals surface area contributed by atoms with Crippen LogP contribution in [0.4, 0.5) is 0 Å². The Balaban J connectivity index is 1.49. The first-order valence-electron chi connectivity index (χ1n) is 9.22. The van der Waals surface area contributed by atoms with E-state index in [1.807, 2.05) is 12.1 Å². The number of hydrogen-bond donors (Lipinski definition) is 0. The molecule has 1 fully saturated rings. The monoisotopic (exact) mass is 380 g/mol. The Labute approximate surface area is 164 Å². The van der Waals surface area contributed by atoms with E-state index in [9.17, 15) is 0 Å². The Hall–Kier alpha value is -2.21. The van der Waals surface area contributed by atoms with Crippen molar-refractivity contribution in [3.8, 4) is 17.0 Å². The van der Waals surface area contributed by atoms with Crippen molar-refractivity contribution in [1.82, 2.24) is 9.88 Å². The van der Waals surface area contributed by atoms with Crippen LogP contribution in [0.3, 0.4) is 0 Å². The van der Waals surface area contributed by atoms with Crippen molar-refractivity contribution >= 4 is 11.3 Å². The lowest BCUT2D eigenvalue weighted by atomic mass is 10.1. The van der Waals surface area contributed by atoms with Crippen molar-refractivity contribution in [1.29, 1.82) is 0 Å². The van der Waals surface area contributed by atoms with Crippen LogP contribution in [-0.4, -0.2) is 36.7 Å². The molecule has 3 aromatic rings. The Morgan fingerprint density at radius 1 is 1.15 bits per heavy atom. The molecule has 0 bridgehead atoms. The molecule has 1 aromatic heterocycles. The van der Waals surface area contributed by atoms with Crippen molar-refractivity contribution < 1.29 is 9.47 Å². The van der Waals surface area contributed by atoms with E-state index in [1.165, 1.54) is 10.4 Å². The van der Waals surface area contributed by atoms with Gasteiger partial charge in [-0.2, -0.15) is 0 Å². The molecule has 140 valence electrons. The summed E-state index contributed by atoms with van der Waals surface area (Å²) >= 11 is 1.74. The van der Waals surface area contributed by atoms with Crippen LogP contribution in [0.2, 0.25) is 0 Å². The van der Waals surface area contributed by atoms with Crippen LogP contribution in [0.25, 0.3) is 11.3 Å². The van der Waals surface area contributed by atoms with Crippen molar-refractivity contribution in [2.24, 2.45) is 0 Å². The maximum absolute atomic E-state index is 6.06. The summed E-state index contributed by atoms with van der Waals surface area (Å²) in [6.07, 6.45) is 0.0400. The van der Waals surface area contributed by atoms with Gasteiger partial charge < -0.3 is 9.47 Å². The second-order valence-electron chi connectivity index (χ2n) is 6.77. The molecule has 1 atom stereocenters. The number of methoxy groups -OCH3 is 1. The highest BCUT2D eigenvalue weighted by Crippen LogP contribution is 2.34. The molecule has 0 N–H and O–H groups in total. The number of morpholine rings is 1. The van der Waals surface area contributed by atoms with Crippen molar-refractivity contribution in [3.05, 3.63) is 70.0 Å². The Morgan fingerprint density at radius 3 is 2.67 bits per heavy atom. The van der Waals surface area contributed by atoms with Gasteiger partial charge in [-0.15, -0.1) is 11.3 Å². The molecule has 1 aliphatic rings. The van der Waals surface area contributed by atoms with Crippen LogP contribution in [-0.2, 0) is 11.3 Å². The van der Waals surface area contributed by atoms with Gasteiger partial charge in [0.15, 0.2) is 0 Å². The summed E-state index contributed by atoms with van der Waals surface area (Å²) in [5, 5.41) is 1.07. The van der Waals surface area contributed by atoms with E-state index in [-0.39, 0.29) is 6.10 Å². The van der Waals surface area contributed by atoms with Crippen LogP contribution in [0.5, 0.6) is 5.75 Å². The highest BCUT2D eigenvalue weighted by atomic mass is 32.1. The lowest BCUT2D eigenvalue weighted by Crippen LogP contribution is -2.37. The molecule has 0 aliphatic carbocycles. The first-order valence-corrected chi connectivity index (χ1v) is 10.0. The van der Waals surface area contributed by atoms with Crippen LogP contribution >= 0.6 is 11.3 Å². The van der Waals surface area contributed by atoms with Gasteiger partial charge in [-0.1, -0.05) is 30.3 Å². The molecule has 5 heteroatoms. The average Bonchev–Trinajstić information content (AvgIpc) is 3.11. The summed E-state index contributed by atoms with van der Waals surface area (Å²) in [6.45, 7) is 5.67. The second kappa shape index (κ2) is 8.21. The zero-order valence-corrected chi connectivity index (χ0v) is 16.5. The molecule has 0 saturated carbocycles. The summed E-state index contributed by atoms with van der Waals surface area (Å²) < 4.78 is 11.3. The van der Waals surface area contributed by atoms with Crippen molar-refractivity contribution in [2.75, 3.05) is 26.8 Å². The number of nitrogens with zero attached hydrogens (tertiary/aromatic N) is 2. The van der Waals surface area contributed by atoms with E-state index >= 15 is 0 Å². The summed E-state index contributed by atoms with van der Waals surface area (Å²) in [6, 6.07) is 18.7. The first-order chi connectivity index (χ1) is 13.2. The van der Waals surface area contributed by atoms with E-state index in [4.69, 9.17) is 14.5 Å². The van der Waals surface area contributed by atoms with Crippen LogP contribution in [0.15, 0.2) is 54.6 Å². The number of benzene rings is 2. The molecule has 0 radical (unpaired) electrons. The molecule has 4 rings (SSSR count). The van der Waals surface area contributed by atoms with Gasteiger partial charge in [0.25, 0.3) is 0 Å². The molecule has 1 unspecified atom stereocenters. The maximum atomic E-state index is 6.06. The Bertz CT molecular complexity index is 877. The minimum absolute atomic E-state index is 0.0400. The Morgan fingerprint density at radius 2 is 1.93 bits per heavy atom. The molecule has 1 aliphatic heterocycles. The van der Waals surface area contributed by atoms with Gasteiger partial charge in [0.1, 0.15) is 16.9 Å². The predicted octanol–water partition coefficient (Wildman–Crippen LogP) is 4.70. The molecular weight excluding hydrogens is 356 g/mol. The van der Waals surface area contributed by atoms with Gasteiger partial charge >= 0.3 is 0 Å².